The molecule has 92 valence electrons. The summed E-state index contributed by atoms with van der Waals surface area (Å²) in [5.41, 5.74) is 8.88. The maximum atomic E-state index is 5.65. The highest BCUT2D eigenvalue weighted by molar-refractivity contribution is 7.80. The Morgan fingerprint density at radius 2 is 2.00 bits per heavy atom. The summed E-state index contributed by atoms with van der Waals surface area (Å²) < 4.78 is 0. The fourth-order valence-electron chi connectivity index (χ4n) is 1.64. The first kappa shape index (κ1) is 12.5. The van der Waals surface area contributed by atoms with Crippen molar-refractivity contribution in [2.24, 2.45) is 5.73 Å². The summed E-state index contributed by atoms with van der Waals surface area (Å²) in [6, 6.07) is 12.0. The fraction of sp³-hybridized carbons (Fsp3) is 0.143. The van der Waals surface area contributed by atoms with Crippen LogP contribution in [0.2, 0.25) is 0 Å². The zero-order chi connectivity index (χ0) is 13.0. The van der Waals surface area contributed by atoms with E-state index in [1.807, 2.05) is 12.1 Å². The van der Waals surface area contributed by atoms with Gasteiger partial charge in [0.25, 0.3) is 0 Å². The predicted molar refractivity (Wildman–Crippen MR) is 78.6 cm³/mol. The zero-order valence-corrected chi connectivity index (χ0v) is 11.0. The maximum Gasteiger partial charge on any atom is 0.136 e. The second-order valence-electron chi connectivity index (χ2n) is 4.10. The molecule has 0 saturated carbocycles. The highest BCUT2D eigenvalue weighted by Crippen LogP contribution is 2.13. The van der Waals surface area contributed by atoms with Crippen molar-refractivity contribution in [2.45, 2.75) is 13.5 Å². The van der Waals surface area contributed by atoms with Crippen LogP contribution in [-0.4, -0.2) is 9.97 Å². The Labute approximate surface area is 112 Å². The first-order chi connectivity index (χ1) is 8.66. The average Bonchev–Trinajstić information content (AvgIpc) is 2.38. The fourth-order valence-corrected chi connectivity index (χ4v) is 1.80. The molecule has 0 atom stereocenters. The van der Waals surface area contributed by atoms with E-state index in [9.17, 15) is 0 Å². The molecule has 0 radical (unpaired) electrons. The second kappa shape index (κ2) is 5.60. The molecule has 2 rings (SSSR count). The summed E-state index contributed by atoms with van der Waals surface area (Å²) in [4.78, 5) is 4.61. The summed E-state index contributed by atoms with van der Waals surface area (Å²) in [6.07, 6.45) is 1.72. The Balaban J connectivity index is 2.10. The van der Waals surface area contributed by atoms with Crippen LogP contribution in [0.15, 0.2) is 42.6 Å². The number of hydrogen-bond acceptors (Lipinski definition) is 3. The number of nitrogens with zero attached hydrogens (tertiary/aromatic N) is 1. The van der Waals surface area contributed by atoms with Gasteiger partial charge in [-0.25, -0.2) is 4.98 Å². The number of benzene rings is 1. The molecule has 0 aliphatic heterocycles. The van der Waals surface area contributed by atoms with Crippen LogP contribution in [0.3, 0.4) is 0 Å². The van der Waals surface area contributed by atoms with Crippen molar-refractivity contribution in [2.75, 3.05) is 5.32 Å². The van der Waals surface area contributed by atoms with E-state index in [0.717, 1.165) is 11.4 Å². The molecule has 18 heavy (non-hydrogen) atoms. The van der Waals surface area contributed by atoms with Gasteiger partial charge >= 0.3 is 0 Å². The minimum absolute atomic E-state index is 0.356. The van der Waals surface area contributed by atoms with E-state index < -0.39 is 0 Å². The van der Waals surface area contributed by atoms with Crippen LogP contribution in [-0.2, 0) is 6.54 Å². The van der Waals surface area contributed by atoms with Gasteiger partial charge in [-0.15, -0.1) is 0 Å². The number of aromatic nitrogens is 1. The van der Waals surface area contributed by atoms with Crippen LogP contribution >= 0.6 is 12.2 Å². The molecule has 0 spiro atoms. The van der Waals surface area contributed by atoms with Crippen LogP contribution in [0.1, 0.15) is 16.7 Å². The van der Waals surface area contributed by atoms with Gasteiger partial charge in [0.15, 0.2) is 0 Å². The SMILES string of the molecule is Cc1ccc(CNc2ncccc2C(N)=S)cc1. The number of pyridine rings is 1. The van der Waals surface area contributed by atoms with Gasteiger partial charge < -0.3 is 11.1 Å². The number of nitrogens with one attached hydrogen (secondary N) is 1. The summed E-state index contributed by atoms with van der Waals surface area (Å²) in [5, 5.41) is 3.25. The van der Waals surface area contributed by atoms with Gasteiger partial charge in [-0.3, -0.25) is 0 Å². The topological polar surface area (TPSA) is 50.9 Å². The smallest absolute Gasteiger partial charge is 0.136 e. The third kappa shape index (κ3) is 3.05. The van der Waals surface area contributed by atoms with Gasteiger partial charge in [0, 0.05) is 12.7 Å². The highest BCUT2D eigenvalue weighted by Gasteiger charge is 2.04. The van der Waals surface area contributed by atoms with Gasteiger partial charge in [0.1, 0.15) is 10.8 Å². The Bertz CT molecular complexity index is 549. The lowest BCUT2D eigenvalue weighted by Crippen LogP contribution is -2.14. The molecular weight excluding hydrogens is 242 g/mol. The lowest BCUT2D eigenvalue weighted by molar-refractivity contribution is 1.11. The van der Waals surface area contributed by atoms with E-state index in [0.29, 0.717) is 11.5 Å². The van der Waals surface area contributed by atoms with Gasteiger partial charge in [0.05, 0.1) is 5.56 Å². The molecule has 0 amide bonds. The predicted octanol–water partition coefficient (Wildman–Crippen LogP) is 2.64. The third-order valence-corrected chi connectivity index (χ3v) is 2.87. The molecule has 3 nitrogen and oxygen atoms in total. The molecule has 0 aliphatic carbocycles. The monoisotopic (exact) mass is 257 g/mol. The van der Waals surface area contributed by atoms with Gasteiger partial charge in [-0.05, 0) is 24.6 Å². The molecule has 0 unspecified atom stereocenters. The average molecular weight is 257 g/mol. The summed E-state index contributed by atoms with van der Waals surface area (Å²) in [6.45, 7) is 2.77. The zero-order valence-electron chi connectivity index (χ0n) is 10.2. The maximum absolute atomic E-state index is 5.65. The Hall–Kier alpha value is -1.94. The number of hydrogen-bond donors (Lipinski definition) is 2. The van der Waals surface area contributed by atoms with Crippen LogP contribution < -0.4 is 11.1 Å². The number of nitrogens with two attached hydrogens (primary N) is 1. The standard InChI is InChI=1S/C14H15N3S/c1-10-4-6-11(7-5-10)9-17-14-12(13(15)18)3-2-8-16-14/h2-8H,9H2,1H3,(H2,15,18)(H,16,17). The van der Waals surface area contributed by atoms with E-state index in [2.05, 4.69) is 41.5 Å². The molecule has 1 aromatic heterocycles. The van der Waals surface area contributed by atoms with E-state index in [1.165, 1.54) is 11.1 Å². The number of rotatable bonds is 4. The molecule has 1 aromatic carbocycles. The van der Waals surface area contributed by atoms with Crippen LogP contribution in [0.25, 0.3) is 0 Å². The molecule has 0 bridgehead atoms. The number of aryl methyl sites for hydroxylation is 1. The van der Waals surface area contributed by atoms with Crippen molar-refractivity contribution in [3.8, 4) is 0 Å². The molecule has 0 saturated heterocycles. The second-order valence-corrected chi connectivity index (χ2v) is 4.54. The lowest BCUT2D eigenvalue weighted by Gasteiger charge is -2.09. The van der Waals surface area contributed by atoms with Crippen LogP contribution in [0, 0.1) is 6.92 Å². The van der Waals surface area contributed by atoms with Gasteiger partial charge in [-0.1, -0.05) is 42.0 Å². The van der Waals surface area contributed by atoms with Crippen LogP contribution in [0.5, 0.6) is 0 Å². The highest BCUT2D eigenvalue weighted by atomic mass is 32.1. The van der Waals surface area contributed by atoms with E-state index in [4.69, 9.17) is 18.0 Å². The quantitative estimate of drug-likeness (QED) is 0.827. The van der Waals surface area contributed by atoms with Crippen molar-refractivity contribution in [1.29, 1.82) is 0 Å². The third-order valence-electron chi connectivity index (χ3n) is 2.65. The van der Waals surface area contributed by atoms with Crippen molar-refractivity contribution in [3.05, 3.63) is 59.3 Å². The minimum Gasteiger partial charge on any atom is -0.389 e. The van der Waals surface area contributed by atoms with Crippen molar-refractivity contribution in [3.63, 3.8) is 0 Å². The van der Waals surface area contributed by atoms with Crippen LogP contribution in [0.4, 0.5) is 5.82 Å². The molecular formula is C14H15N3S. The first-order valence-corrected chi connectivity index (χ1v) is 6.12. The molecule has 4 heteroatoms. The van der Waals surface area contributed by atoms with Crippen molar-refractivity contribution in [1.82, 2.24) is 4.98 Å². The Kier molecular flexibility index (Phi) is 3.89. The lowest BCUT2D eigenvalue weighted by atomic mass is 10.1. The molecule has 0 aliphatic rings. The Morgan fingerprint density at radius 1 is 1.28 bits per heavy atom. The van der Waals surface area contributed by atoms with Crippen molar-refractivity contribution < 1.29 is 0 Å². The normalized spacial score (nSPS) is 10.1. The number of anilines is 1. The van der Waals surface area contributed by atoms with E-state index >= 15 is 0 Å². The number of thiocarbonyl (C=S) groups is 1. The summed E-state index contributed by atoms with van der Waals surface area (Å²) >= 11 is 5.00. The minimum atomic E-state index is 0.356. The van der Waals surface area contributed by atoms with Crippen molar-refractivity contribution >= 4 is 23.0 Å². The summed E-state index contributed by atoms with van der Waals surface area (Å²) in [7, 11) is 0. The molecule has 2 aromatic rings. The molecule has 1 heterocycles. The van der Waals surface area contributed by atoms with Gasteiger partial charge in [-0.2, -0.15) is 0 Å². The molecule has 3 N–H and O–H groups in total. The Morgan fingerprint density at radius 3 is 2.67 bits per heavy atom. The largest absolute Gasteiger partial charge is 0.389 e. The first-order valence-electron chi connectivity index (χ1n) is 5.71. The van der Waals surface area contributed by atoms with Gasteiger partial charge in [0.2, 0.25) is 0 Å². The van der Waals surface area contributed by atoms with E-state index in [1.54, 1.807) is 6.20 Å². The van der Waals surface area contributed by atoms with E-state index in [-0.39, 0.29) is 0 Å². The summed E-state index contributed by atoms with van der Waals surface area (Å²) in [5.74, 6) is 0.727. The molecule has 0 fully saturated rings.